The standard InChI is InChI=1S/C7H7N2O/c1-2-3-6-7(10)9-5-4-8-6/h2,5H,1,3H2,(H,9,10). The van der Waals surface area contributed by atoms with Crippen LogP contribution in [-0.2, 0) is 6.42 Å². The SMILES string of the molecule is C=CCc1n[c]c[nH]c1=O. The van der Waals surface area contributed by atoms with E-state index < -0.39 is 0 Å². The summed E-state index contributed by atoms with van der Waals surface area (Å²) in [5.74, 6) is 0. The zero-order valence-electron chi connectivity index (χ0n) is 5.42. The van der Waals surface area contributed by atoms with Crippen LogP contribution < -0.4 is 5.56 Å². The molecule has 0 saturated carbocycles. The van der Waals surface area contributed by atoms with Crippen molar-refractivity contribution in [3.8, 4) is 0 Å². The van der Waals surface area contributed by atoms with Crippen LogP contribution in [0.2, 0.25) is 0 Å². The Labute approximate surface area is 58.4 Å². The molecule has 0 aliphatic rings. The van der Waals surface area contributed by atoms with Gasteiger partial charge in [0.15, 0.2) is 0 Å². The smallest absolute Gasteiger partial charge is 0.269 e. The van der Waals surface area contributed by atoms with Crippen LogP contribution >= 0.6 is 0 Å². The van der Waals surface area contributed by atoms with Crippen molar-refractivity contribution in [1.29, 1.82) is 0 Å². The Bertz CT molecular complexity index is 277. The number of allylic oxidation sites excluding steroid dienone is 1. The Morgan fingerprint density at radius 2 is 2.70 bits per heavy atom. The molecule has 0 aliphatic heterocycles. The molecular formula is C7H7N2O. The van der Waals surface area contributed by atoms with Gasteiger partial charge in [0, 0.05) is 12.6 Å². The van der Waals surface area contributed by atoms with Gasteiger partial charge in [0.1, 0.15) is 11.9 Å². The number of nitrogens with zero attached hydrogens (tertiary/aromatic N) is 1. The van der Waals surface area contributed by atoms with E-state index in [0.29, 0.717) is 12.1 Å². The van der Waals surface area contributed by atoms with Gasteiger partial charge in [-0.15, -0.1) is 6.58 Å². The van der Waals surface area contributed by atoms with Gasteiger partial charge < -0.3 is 4.98 Å². The third-order valence-electron chi connectivity index (χ3n) is 1.07. The summed E-state index contributed by atoms with van der Waals surface area (Å²) in [7, 11) is 0. The van der Waals surface area contributed by atoms with Crippen molar-refractivity contribution >= 4 is 0 Å². The van der Waals surface area contributed by atoms with Crippen LogP contribution in [0.3, 0.4) is 0 Å². The van der Waals surface area contributed by atoms with E-state index in [2.05, 4.69) is 22.7 Å². The van der Waals surface area contributed by atoms with Crippen LogP contribution in [0.15, 0.2) is 23.6 Å². The number of rotatable bonds is 2. The number of nitrogens with one attached hydrogen (secondary N) is 1. The van der Waals surface area contributed by atoms with Crippen molar-refractivity contribution in [3.63, 3.8) is 0 Å². The van der Waals surface area contributed by atoms with Crippen LogP contribution in [-0.4, -0.2) is 9.97 Å². The van der Waals surface area contributed by atoms with E-state index in [4.69, 9.17) is 0 Å². The van der Waals surface area contributed by atoms with Crippen LogP contribution in [0.1, 0.15) is 5.69 Å². The average Bonchev–Trinajstić information content (AvgIpc) is 1.94. The molecule has 0 bridgehead atoms. The average molecular weight is 135 g/mol. The molecule has 3 nitrogen and oxygen atoms in total. The van der Waals surface area contributed by atoms with Gasteiger partial charge in [0.25, 0.3) is 5.56 Å². The molecule has 1 aromatic rings. The van der Waals surface area contributed by atoms with E-state index in [1.54, 1.807) is 6.08 Å². The molecule has 3 heteroatoms. The minimum atomic E-state index is -0.168. The maximum Gasteiger partial charge on any atom is 0.269 e. The number of aromatic nitrogens is 2. The molecule has 0 spiro atoms. The fraction of sp³-hybridized carbons (Fsp3) is 0.143. The molecule has 51 valence electrons. The van der Waals surface area contributed by atoms with Crippen molar-refractivity contribution in [2.75, 3.05) is 0 Å². The minimum Gasteiger partial charge on any atom is -0.325 e. The van der Waals surface area contributed by atoms with Gasteiger partial charge in [-0.25, -0.2) is 4.98 Å². The van der Waals surface area contributed by atoms with E-state index in [9.17, 15) is 4.79 Å². The highest BCUT2D eigenvalue weighted by Crippen LogP contribution is 1.83. The first-order valence-corrected chi connectivity index (χ1v) is 2.90. The number of hydrogen-bond donors (Lipinski definition) is 1. The van der Waals surface area contributed by atoms with Crippen molar-refractivity contribution in [3.05, 3.63) is 41.1 Å². The Morgan fingerprint density at radius 1 is 1.90 bits per heavy atom. The summed E-state index contributed by atoms with van der Waals surface area (Å²) in [6.45, 7) is 3.49. The maximum atomic E-state index is 10.8. The first-order chi connectivity index (χ1) is 4.84. The molecule has 0 unspecified atom stereocenters. The molecular weight excluding hydrogens is 128 g/mol. The molecule has 0 saturated heterocycles. The molecule has 0 aromatic carbocycles. The van der Waals surface area contributed by atoms with Crippen molar-refractivity contribution in [2.45, 2.75) is 6.42 Å². The van der Waals surface area contributed by atoms with Gasteiger partial charge in [0.2, 0.25) is 0 Å². The molecule has 1 rings (SSSR count). The van der Waals surface area contributed by atoms with Crippen molar-refractivity contribution < 1.29 is 0 Å². The zero-order valence-corrected chi connectivity index (χ0v) is 5.42. The number of hydrogen-bond acceptors (Lipinski definition) is 2. The van der Waals surface area contributed by atoms with Crippen molar-refractivity contribution in [1.82, 2.24) is 9.97 Å². The summed E-state index contributed by atoms with van der Waals surface area (Å²) < 4.78 is 0. The van der Waals surface area contributed by atoms with Crippen LogP contribution in [0, 0.1) is 6.20 Å². The van der Waals surface area contributed by atoms with Gasteiger partial charge in [-0.2, -0.15) is 0 Å². The number of aromatic amines is 1. The van der Waals surface area contributed by atoms with E-state index in [-0.39, 0.29) is 5.56 Å². The lowest BCUT2D eigenvalue weighted by molar-refractivity contribution is 1.00. The summed E-state index contributed by atoms with van der Waals surface area (Å²) in [5, 5.41) is 0. The molecule has 1 radical (unpaired) electrons. The lowest BCUT2D eigenvalue weighted by atomic mass is 10.3. The summed E-state index contributed by atoms with van der Waals surface area (Å²) in [6.07, 6.45) is 6.04. The molecule has 10 heavy (non-hydrogen) atoms. The summed E-state index contributed by atoms with van der Waals surface area (Å²) in [4.78, 5) is 17.0. The van der Waals surface area contributed by atoms with Gasteiger partial charge in [-0.3, -0.25) is 4.79 Å². The fourth-order valence-corrected chi connectivity index (χ4v) is 0.617. The predicted octanol–water partition coefficient (Wildman–Crippen LogP) is 0.299. The Hall–Kier alpha value is -1.38. The second-order valence-corrected chi connectivity index (χ2v) is 1.80. The zero-order chi connectivity index (χ0) is 7.40. The van der Waals surface area contributed by atoms with Crippen LogP contribution in [0.4, 0.5) is 0 Å². The summed E-state index contributed by atoms with van der Waals surface area (Å²) >= 11 is 0. The highest BCUT2D eigenvalue weighted by molar-refractivity contribution is 4.99. The topological polar surface area (TPSA) is 45.8 Å². The highest BCUT2D eigenvalue weighted by Gasteiger charge is 1.94. The van der Waals surface area contributed by atoms with E-state index >= 15 is 0 Å². The quantitative estimate of drug-likeness (QED) is 0.593. The van der Waals surface area contributed by atoms with Gasteiger partial charge >= 0.3 is 0 Å². The Morgan fingerprint density at radius 3 is 3.30 bits per heavy atom. The molecule has 1 aromatic heterocycles. The van der Waals surface area contributed by atoms with Gasteiger partial charge in [-0.1, -0.05) is 6.08 Å². The molecule has 1 heterocycles. The highest BCUT2D eigenvalue weighted by atomic mass is 16.1. The van der Waals surface area contributed by atoms with Gasteiger partial charge in [-0.05, 0) is 0 Å². The maximum absolute atomic E-state index is 10.8. The Balaban J connectivity index is 3.03. The third kappa shape index (κ3) is 1.31. The van der Waals surface area contributed by atoms with Crippen molar-refractivity contribution in [2.24, 2.45) is 0 Å². The first-order valence-electron chi connectivity index (χ1n) is 2.90. The molecule has 1 N–H and O–H groups in total. The lowest BCUT2D eigenvalue weighted by Crippen LogP contribution is -2.12. The first kappa shape index (κ1) is 6.74. The fourth-order valence-electron chi connectivity index (χ4n) is 0.617. The normalized spacial score (nSPS) is 9.20. The largest absolute Gasteiger partial charge is 0.325 e. The lowest BCUT2D eigenvalue weighted by Gasteiger charge is -1.89. The molecule has 0 aliphatic carbocycles. The molecule has 0 fully saturated rings. The Kier molecular flexibility index (Phi) is 1.99. The summed E-state index contributed by atoms with van der Waals surface area (Å²) in [6, 6.07) is 0. The van der Waals surface area contributed by atoms with Crippen LogP contribution in [0.25, 0.3) is 0 Å². The number of H-pyrrole nitrogens is 1. The third-order valence-corrected chi connectivity index (χ3v) is 1.07. The second-order valence-electron chi connectivity index (χ2n) is 1.80. The molecule has 0 amide bonds. The van der Waals surface area contributed by atoms with E-state index in [1.807, 2.05) is 0 Å². The van der Waals surface area contributed by atoms with Gasteiger partial charge in [0.05, 0.1) is 0 Å². The predicted molar refractivity (Wildman–Crippen MR) is 37.6 cm³/mol. The summed E-state index contributed by atoms with van der Waals surface area (Å²) in [5.41, 5.74) is 0.288. The molecule has 0 atom stereocenters. The van der Waals surface area contributed by atoms with E-state index in [1.165, 1.54) is 6.20 Å². The monoisotopic (exact) mass is 135 g/mol. The van der Waals surface area contributed by atoms with E-state index in [0.717, 1.165) is 0 Å². The second kappa shape index (κ2) is 2.96. The minimum absolute atomic E-state index is 0.168. The van der Waals surface area contributed by atoms with Crippen LogP contribution in [0.5, 0.6) is 0 Å².